The van der Waals surface area contributed by atoms with Crippen molar-refractivity contribution in [3.05, 3.63) is 35.9 Å². The maximum absolute atomic E-state index is 9.69. The van der Waals surface area contributed by atoms with Crippen LogP contribution in [0.1, 0.15) is 31.2 Å². The molecule has 1 aromatic heterocycles. The molecule has 1 aromatic carbocycles. The number of aromatic nitrogens is 1. The molecule has 124 valence electrons. The van der Waals surface area contributed by atoms with Crippen LogP contribution < -0.4 is 5.32 Å². The third-order valence-corrected chi connectivity index (χ3v) is 4.92. The van der Waals surface area contributed by atoms with E-state index in [-0.39, 0.29) is 6.61 Å². The molecule has 0 unspecified atom stereocenters. The standard InChI is InChI=1S/C19H27N3O/c1-22(2)14-19(9-5-6-10-19)13-20-18-16(12-23)11-15-7-3-4-8-17(15)21-18/h3-4,7-8,11,23H,5-6,9-10,12-14H2,1-2H3,(H,20,21). The zero-order valence-corrected chi connectivity index (χ0v) is 14.2. The number of aliphatic hydroxyl groups is 1. The summed E-state index contributed by atoms with van der Waals surface area (Å²) in [5, 5.41) is 14.3. The molecule has 2 aromatic rings. The molecule has 1 heterocycles. The van der Waals surface area contributed by atoms with E-state index in [1.165, 1.54) is 25.7 Å². The summed E-state index contributed by atoms with van der Waals surface area (Å²) in [6.07, 6.45) is 5.15. The summed E-state index contributed by atoms with van der Waals surface area (Å²) >= 11 is 0. The van der Waals surface area contributed by atoms with Gasteiger partial charge in [-0.2, -0.15) is 0 Å². The van der Waals surface area contributed by atoms with Crippen molar-refractivity contribution < 1.29 is 5.11 Å². The maximum atomic E-state index is 9.69. The fourth-order valence-corrected chi connectivity index (χ4v) is 3.89. The highest BCUT2D eigenvalue weighted by molar-refractivity contribution is 5.81. The van der Waals surface area contributed by atoms with E-state index < -0.39 is 0 Å². The number of hydrogen-bond acceptors (Lipinski definition) is 4. The number of nitrogens with zero attached hydrogens (tertiary/aromatic N) is 2. The van der Waals surface area contributed by atoms with E-state index in [2.05, 4.69) is 24.3 Å². The van der Waals surface area contributed by atoms with Crippen LogP contribution in [-0.4, -0.2) is 42.2 Å². The smallest absolute Gasteiger partial charge is 0.132 e. The molecule has 0 saturated heterocycles. The molecule has 0 bridgehead atoms. The summed E-state index contributed by atoms with van der Waals surface area (Å²) in [6.45, 7) is 2.03. The minimum absolute atomic E-state index is 0.0147. The van der Waals surface area contributed by atoms with Gasteiger partial charge in [-0.05, 0) is 39.1 Å². The Morgan fingerprint density at radius 2 is 1.96 bits per heavy atom. The normalized spacial score (nSPS) is 17.0. The lowest BCUT2D eigenvalue weighted by Gasteiger charge is -2.32. The molecule has 2 N–H and O–H groups in total. The molecule has 0 spiro atoms. The van der Waals surface area contributed by atoms with Gasteiger partial charge in [0, 0.05) is 29.5 Å². The second-order valence-corrected chi connectivity index (χ2v) is 7.15. The van der Waals surface area contributed by atoms with E-state index >= 15 is 0 Å². The number of benzene rings is 1. The molecular weight excluding hydrogens is 286 g/mol. The number of hydrogen-bond donors (Lipinski definition) is 2. The molecule has 1 aliphatic carbocycles. The van der Waals surface area contributed by atoms with E-state index in [0.717, 1.165) is 35.4 Å². The van der Waals surface area contributed by atoms with Crippen molar-refractivity contribution in [2.45, 2.75) is 32.3 Å². The van der Waals surface area contributed by atoms with Crippen molar-refractivity contribution in [1.29, 1.82) is 0 Å². The van der Waals surface area contributed by atoms with Gasteiger partial charge in [-0.25, -0.2) is 4.98 Å². The summed E-state index contributed by atoms with van der Waals surface area (Å²) in [5.74, 6) is 0.830. The highest BCUT2D eigenvalue weighted by Crippen LogP contribution is 2.38. The number of aliphatic hydroxyl groups excluding tert-OH is 1. The maximum Gasteiger partial charge on any atom is 0.132 e. The van der Waals surface area contributed by atoms with Gasteiger partial charge >= 0.3 is 0 Å². The largest absolute Gasteiger partial charge is 0.392 e. The van der Waals surface area contributed by atoms with E-state index in [0.29, 0.717) is 5.41 Å². The Kier molecular flexibility index (Phi) is 4.83. The van der Waals surface area contributed by atoms with Gasteiger partial charge in [0.1, 0.15) is 5.82 Å². The van der Waals surface area contributed by atoms with Gasteiger partial charge in [-0.15, -0.1) is 0 Å². The van der Waals surface area contributed by atoms with E-state index in [1.807, 2.05) is 30.3 Å². The van der Waals surface area contributed by atoms with Crippen LogP contribution in [0, 0.1) is 5.41 Å². The van der Waals surface area contributed by atoms with Crippen LogP contribution >= 0.6 is 0 Å². The Bertz CT molecular complexity index is 663. The third-order valence-electron chi connectivity index (χ3n) is 4.92. The number of para-hydroxylation sites is 1. The second kappa shape index (κ2) is 6.85. The third kappa shape index (κ3) is 3.65. The van der Waals surface area contributed by atoms with Crippen LogP contribution in [0.2, 0.25) is 0 Å². The molecule has 0 aliphatic heterocycles. The molecule has 4 nitrogen and oxygen atoms in total. The number of nitrogens with one attached hydrogen (secondary N) is 1. The molecule has 1 fully saturated rings. The van der Waals surface area contributed by atoms with Crippen molar-refractivity contribution in [1.82, 2.24) is 9.88 Å². The van der Waals surface area contributed by atoms with Crippen molar-refractivity contribution in [3.63, 3.8) is 0 Å². The van der Waals surface area contributed by atoms with Crippen LogP contribution in [0.5, 0.6) is 0 Å². The van der Waals surface area contributed by atoms with Gasteiger partial charge in [0.2, 0.25) is 0 Å². The van der Waals surface area contributed by atoms with Gasteiger partial charge in [-0.3, -0.25) is 0 Å². The fraction of sp³-hybridized carbons (Fsp3) is 0.526. The lowest BCUT2D eigenvalue weighted by Crippen LogP contribution is -2.37. The average Bonchev–Trinajstić information content (AvgIpc) is 3.00. The van der Waals surface area contributed by atoms with E-state index in [1.54, 1.807) is 0 Å². The molecule has 0 atom stereocenters. The lowest BCUT2D eigenvalue weighted by atomic mass is 9.85. The Labute approximate surface area is 138 Å². The number of rotatable bonds is 6. The highest BCUT2D eigenvalue weighted by Gasteiger charge is 2.34. The molecule has 0 amide bonds. The molecule has 1 aliphatic rings. The first-order chi connectivity index (χ1) is 11.1. The van der Waals surface area contributed by atoms with Crippen LogP contribution in [-0.2, 0) is 6.61 Å². The Hall–Kier alpha value is -1.65. The Morgan fingerprint density at radius 3 is 2.65 bits per heavy atom. The predicted octanol–water partition coefficient (Wildman–Crippen LogP) is 3.26. The molecule has 0 radical (unpaired) electrons. The van der Waals surface area contributed by atoms with Crippen molar-refractivity contribution in [2.75, 3.05) is 32.5 Å². The summed E-state index contributed by atoms with van der Waals surface area (Å²) in [5.41, 5.74) is 2.17. The number of fused-ring (bicyclic) bond motifs is 1. The van der Waals surface area contributed by atoms with Crippen molar-refractivity contribution in [3.8, 4) is 0 Å². The zero-order valence-electron chi connectivity index (χ0n) is 14.2. The predicted molar refractivity (Wildman–Crippen MR) is 95.6 cm³/mol. The molecule has 23 heavy (non-hydrogen) atoms. The quantitative estimate of drug-likeness (QED) is 0.859. The lowest BCUT2D eigenvalue weighted by molar-refractivity contribution is 0.215. The first kappa shape index (κ1) is 16.2. The minimum atomic E-state index is 0.0147. The number of pyridine rings is 1. The van der Waals surface area contributed by atoms with Crippen molar-refractivity contribution >= 4 is 16.7 Å². The molecule has 1 saturated carbocycles. The Morgan fingerprint density at radius 1 is 1.22 bits per heavy atom. The average molecular weight is 313 g/mol. The van der Waals surface area contributed by atoms with Gasteiger partial charge < -0.3 is 15.3 Å². The summed E-state index contributed by atoms with van der Waals surface area (Å²) in [7, 11) is 4.29. The van der Waals surface area contributed by atoms with Gasteiger partial charge in [0.25, 0.3) is 0 Å². The summed E-state index contributed by atoms with van der Waals surface area (Å²) in [4.78, 5) is 7.02. The monoisotopic (exact) mass is 313 g/mol. The first-order valence-corrected chi connectivity index (χ1v) is 8.50. The summed E-state index contributed by atoms with van der Waals surface area (Å²) in [6, 6.07) is 10.1. The highest BCUT2D eigenvalue weighted by atomic mass is 16.3. The topological polar surface area (TPSA) is 48.4 Å². The molecular formula is C19H27N3O. The van der Waals surface area contributed by atoms with Gasteiger partial charge in [-0.1, -0.05) is 31.0 Å². The first-order valence-electron chi connectivity index (χ1n) is 8.50. The SMILES string of the molecule is CN(C)CC1(CNc2nc3ccccc3cc2CO)CCCC1. The summed E-state index contributed by atoms with van der Waals surface area (Å²) < 4.78 is 0. The van der Waals surface area contributed by atoms with E-state index in [4.69, 9.17) is 4.98 Å². The molecule has 3 rings (SSSR count). The van der Waals surface area contributed by atoms with Gasteiger partial charge in [0.05, 0.1) is 12.1 Å². The van der Waals surface area contributed by atoms with Crippen LogP contribution in [0.3, 0.4) is 0 Å². The van der Waals surface area contributed by atoms with Gasteiger partial charge in [0.15, 0.2) is 0 Å². The second-order valence-electron chi connectivity index (χ2n) is 7.15. The van der Waals surface area contributed by atoms with Crippen LogP contribution in [0.4, 0.5) is 5.82 Å². The Balaban J connectivity index is 1.82. The fourth-order valence-electron chi connectivity index (χ4n) is 3.89. The number of anilines is 1. The van der Waals surface area contributed by atoms with Crippen LogP contribution in [0.25, 0.3) is 10.9 Å². The van der Waals surface area contributed by atoms with Crippen LogP contribution in [0.15, 0.2) is 30.3 Å². The molecule has 4 heteroatoms. The van der Waals surface area contributed by atoms with Crippen molar-refractivity contribution in [2.24, 2.45) is 5.41 Å². The zero-order chi connectivity index (χ0) is 16.3. The minimum Gasteiger partial charge on any atom is -0.392 e. The van der Waals surface area contributed by atoms with E-state index in [9.17, 15) is 5.11 Å².